The molecule has 0 fully saturated rings. The highest BCUT2D eigenvalue weighted by Gasteiger charge is 2.24. The summed E-state index contributed by atoms with van der Waals surface area (Å²) in [6.45, 7) is 0.184. The van der Waals surface area contributed by atoms with Crippen molar-refractivity contribution in [1.82, 2.24) is 20.3 Å². The Morgan fingerprint density at radius 3 is 2.03 bits per heavy atom. The van der Waals surface area contributed by atoms with Crippen molar-refractivity contribution in [3.63, 3.8) is 0 Å². The molecule has 0 aliphatic carbocycles. The van der Waals surface area contributed by atoms with E-state index in [4.69, 9.17) is 9.47 Å². The van der Waals surface area contributed by atoms with Gasteiger partial charge in [0.25, 0.3) is 5.91 Å². The third kappa shape index (κ3) is 4.53. The van der Waals surface area contributed by atoms with Crippen LogP contribution in [0.4, 0.5) is 0 Å². The number of rotatable bonds is 8. The first-order valence-electron chi connectivity index (χ1n) is 10.2. The average Bonchev–Trinajstić information content (AvgIpc) is 3.27. The summed E-state index contributed by atoms with van der Waals surface area (Å²) in [7, 11) is 3.18. The normalized spacial score (nSPS) is 10.8. The molecule has 0 saturated carbocycles. The van der Waals surface area contributed by atoms with Crippen molar-refractivity contribution in [3.05, 3.63) is 107 Å². The van der Waals surface area contributed by atoms with E-state index in [2.05, 4.69) is 15.6 Å². The molecular weight excluding hydrogens is 404 g/mol. The first kappa shape index (κ1) is 21.3. The smallest absolute Gasteiger partial charge is 0.274 e. The molecule has 0 spiro atoms. The number of nitrogens with zero attached hydrogens (tertiary/aromatic N) is 3. The van der Waals surface area contributed by atoms with Crippen LogP contribution in [0.2, 0.25) is 0 Å². The second-order valence-electron chi connectivity index (χ2n) is 7.16. The van der Waals surface area contributed by atoms with E-state index in [1.54, 1.807) is 18.9 Å². The van der Waals surface area contributed by atoms with Gasteiger partial charge < -0.3 is 14.8 Å². The molecule has 3 aromatic carbocycles. The Bertz CT molecular complexity index is 1120. The maximum Gasteiger partial charge on any atom is 0.274 e. The average molecular weight is 428 g/mol. The van der Waals surface area contributed by atoms with Gasteiger partial charge in [-0.15, -0.1) is 5.10 Å². The highest BCUT2D eigenvalue weighted by molar-refractivity contribution is 5.94. The van der Waals surface area contributed by atoms with Gasteiger partial charge >= 0.3 is 0 Å². The molecule has 0 saturated heterocycles. The fourth-order valence-corrected chi connectivity index (χ4v) is 3.52. The molecule has 4 rings (SSSR count). The zero-order valence-electron chi connectivity index (χ0n) is 17.9. The fourth-order valence-electron chi connectivity index (χ4n) is 3.52. The van der Waals surface area contributed by atoms with Gasteiger partial charge in [-0.3, -0.25) is 4.79 Å². The number of ether oxygens (including phenoxy) is 2. The number of hydrogen-bond acceptors (Lipinski definition) is 5. The lowest BCUT2D eigenvalue weighted by Crippen LogP contribution is -2.30. The van der Waals surface area contributed by atoms with Crippen LogP contribution in [0.5, 0.6) is 5.75 Å². The number of carbonyl (C=O) groups is 1. The molecule has 32 heavy (non-hydrogen) atoms. The highest BCUT2D eigenvalue weighted by atomic mass is 16.5. The van der Waals surface area contributed by atoms with Crippen LogP contribution >= 0.6 is 0 Å². The Labute approximate surface area is 186 Å². The van der Waals surface area contributed by atoms with Gasteiger partial charge in [-0.05, 0) is 35.4 Å². The molecule has 0 radical (unpaired) electrons. The van der Waals surface area contributed by atoms with Crippen LogP contribution in [0.25, 0.3) is 5.69 Å². The van der Waals surface area contributed by atoms with E-state index in [0.717, 1.165) is 22.6 Å². The van der Waals surface area contributed by atoms with Crippen LogP contribution in [0, 0.1) is 0 Å². The van der Waals surface area contributed by atoms with Crippen LogP contribution < -0.4 is 10.1 Å². The summed E-state index contributed by atoms with van der Waals surface area (Å²) in [6.07, 6.45) is 0. The minimum atomic E-state index is -0.327. The number of amides is 1. The van der Waals surface area contributed by atoms with E-state index >= 15 is 0 Å². The Kier molecular flexibility index (Phi) is 6.57. The summed E-state index contributed by atoms with van der Waals surface area (Å²) in [5.74, 6) is 0.406. The molecule has 0 atom stereocenters. The molecule has 7 nitrogen and oxygen atoms in total. The Morgan fingerprint density at radius 2 is 1.50 bits per heavy atom. The Balaban J connectivity index is 1.67. The number of methoxy groups -OCH3 is 2. The highest BCUT2D eigenvalue weighted by Crippen LogP contribution is 2.23. The molecule has 0 unspecified atom stereocenters. The molecule has 0 bridgehead atoms. The van der Waals surface area contributed by atoms with E-state index in [9.17, 15) is 4.79 Å². The van der Waals surface area contributed by atoms with E-state index < -0.39 is 0 Å². The van der Waals surface area contributed by atoms with Crippen molar-refractivity contribution in [2.75, 3.05) is 14.2 Å². The van der Waals surface area contributed by atoms with Crippen molar-refractivity contribution in [2.45, 2.75) is 12.6 Å². The van der Waals surface area contributed by atoms with Crippen molar-refractivity contribution in [2.24, 2.45) is 0 Å². The predicted octanol–water partition coefficient (Wildman–Crippen LogP) is 3.94. The van der Waals surface area contributed by atoms with E-state index in [1.165, 1.54) is 0 Å². The van der Waals surface area contributed by atoms with Gasteiger partial charge in [0.05, 0.1) is 25.4 Å². The molecule has 1 N–H and O–H groups in total. The number of hydrogen-bond donors (Lipinski definition) is 1. The summed E-state index contributed by atoms with van der Waals surface area (Å²) in [6, 6.07) is 26.7. The third-order valence-corrected chi connectivity index (χ3v) is 5.12. The third-order valence-electron chi connectivity index (χ3n) is 5.12. The second-order valence-corrected chi connectivity index (χ2v) is 7.16. The lowest BCUT2D eigenvalue weighted by molar-refractivity contribution is 0.0932. The van der Waals surface area contributed by atoms with Crippen LogP contribution in [0.15, 0.2) is 84.9 Å². The number of nitrogens with one attached hydrogen (secondary N) is 1. The molecule has 0 aliphatic rings. The summed E-state index contributed by atoms with van der Waals surface area (Å²) >= 11 is 0. The van der Waals surface area contributed by atoms with Gasteiger partial charge in [-0.2, -0.15) is 0 Å². The van der Waals surface area contributed by atoms with Crippen LogP contribution in [-0.4, -0.2) is 35.1 Å². The van der Waals surface area contributed by atoms with E-state index in [1.807, 2.05) is 84.9 Å². The first-order chi connectivity index (χ1) is 15.7. The van der Waals surface area contributed by atoms with Gasteiger partial charge in [0.1, 0.15) is 11.4 Å². The Morgan fingerprint density at radius 1 is 0.906 bits per heavy atom. The van der Waals surface area contributed by atoms with Crippen molar-refractivity contribution >= 4 is 5.91 Å². The first-order valence-corrected chi connectivity index (χ1v) is 10.2. The number of benzene rings is 3. The summed E-state index contributed by atoms with van der Waals surface area (Å²) in [5.41, 5.74) is 3.49. The topological polar surface area (TPSA) is 78.3 Å². The van der Waals surface area contributed by atoms with Gasteiger partial charge in [0.2, 0.25) is 0 Å². The van der Waals surface area contributed by atoms with Gasteiger partial charge in [0, 0.05) is 7.11 Å². The van der Waals surface area contributed by atoms with Crippen LogP contribution in [0.1, 0.15) is 33.4 Å². The van der Waals surface area contributed by atoms with Crippen molar-refractivity contribution < 1.29 is 14.3 Å². The minimum absolute atomic E-state index is 0.184. The predicted molar refractivity (Wildman–Crippen MR) is 121 cm³/mol. The van der Waals surface area contributed by atoms with Crippen LogP contribution in [-0.2, 0) is 11.3 Å². The fraction of sp³-hybridized carbons (Fsp3) is 0.160. The van der Waals surface area contributed by atoms with Crippen LogP contribution in [0.3, 0.4) is 0 Å². The molecule has 1 heterocycles. The molecule has 162 valence electrons. The zero-order chi connectivity index (χ0) is 22.3. The minimum Gasteiger partial charge on any atom is -0.497 e. The lowest BCUT2D eigenvalue weighted by atomic mass is 9.98. The summed E-state index contributed by atoms with van der Waals surface area (Å²) < 4.78 is 12.2. The standard InChI is InChI=1S/C25H24N4O3/c1-31-17-22-24(27-28-29(22)20-13-15-21(32-2)16-14-20)25(30)26-23(18-9-5-3-6-10-18)19-11-7-4-8-12-19/h3-16,23H,17H2,1-2H3,(H,26,30). The zero-order valence-corrected chi connectivity index (χ0v) is 17.9. The number of carbonyl (C=O) groups excluding carboxylic acids is 1. The summed E-state index contributed by atoms with van der Waals surface area (Å²) in [4.78, 5) is 13.3. The number of aromatic nitrogens is 3. The molecule has 0 aliphatic heterocycles. The van der Waals surface area contributed by atoms with E-state index in [0.29, 0.717) is 5.69 Å². The van der Waals surface area contributed by atoms with Gasteiger partial charge in [-0.25, -0.2) is 4.68 Å². The van der Waals surface area contributed by atoms with Crippen molar-refractivity contribution in [3.8, 4) is 11.4 Å². The second kappa shape index (κ2) is 9.89. The maximum atomic E-state index is 13.3. The van der Waals surface area contributed by atoms with Gasteiger partial charge in [-0.1, -0.05) is 65.9 Å². The van der Waals surface area contributed by atoms with Gasteiger partial charge in [0.15, 0.2) is 5.69 Å². The molecular formula is C25H24N4O3. The largest absolute Gasteiger partial charge is 0.497 e. The Hall–Kier alpha value is -3.97. The quantitative estimate of drug-likeness (QED) is 0.460. The van der Waals surface area contributed by atoms with E-state index in [-0.39, 0.29) is 24.2 Å². The monoisotopic (exact) mass is 428 g/mol. The molecule has 1 amide bonds. The van der Waals surface area contributed by atoms with Crippen molar-refractivity contribution in [1.29, 1.82) is 0 Å². The summed E-state index contributed by atoms with van der Waals surface area (Å²) in [5, 5.41) is 11.5. The molecule has 7 heteroatoms. The molecule has 1 aromatic heterocycles. The SMILES string of the molecule is COCc1c(C(=O)NC(c2ccccc2)c2ccccc2)nnn1-c1ccc(OC)cc1. The lowest BCUT2D eigenvalue weighted by Gasteiger charge is -2.19. The maximum absolute atomic E-state index is 13.3. The molecule has 4 aromatic rings.